The van der Waals surface area contributed by atoms with Crippen LogP contribution in [0.25, 0.3) is 0 Å². The van der Waals surface area contributed by atoms with E-state index in [9.17, 15) is 27.6 Å². The second kappa shape index (κ2) is 9.11. The molecule has 0 aromatic carbocycles. The minimum atomic E-state index is -4.43. The van der Waals surface area contributed by atoms with E-state index in [0.717, 1.165) is 30.0 Å². The van der Waals surface area contributed by atoms with Crippen LogP contribution in [0.15, 0.2) is 18.3 Å². The number of carbonyl (C=O) groups excluding carboxylic acids is 3. The predicted octanol–water partition coefficient (Wildman–Crippen LogP) is 2.52. The summed E-state index contributed by atoms with van der Waals surface area (Å²) in [6.07, 6.45) is -0.322. The van der Waals surface area contributed by atoms with Crippen LogP contribution in [0.4, 0.5) is 23.8 Å². The molecule has 8 nitrogen and oxygen atoms in total. The third kappa shape index (κ3) is 5.45. The summed E-state index contributed by atoms with van der Waals surface area (Å²) in [4.78, 5) is 41.8. The van der Waals surface area contributed by atoms with Gasteiger partial charge < -0.3 is 16.0 Å². The zero-order valence-electron chi connectivity index (χ0n) is 17.2. The molecule has 3 rings (SSSR count). The van der Waals surface area contributed by atoms with Crippen LogP contribution < -0.4 is 16.0 Å². The first-order valence-corrected chi connectivity index (χ1v) is 10.3. The summed E-state index contributed by atoms with van der Waals surface area (Å²) in [5, 5.41) is 8.28. The van der Waals surface area contributed by atoms with Gasteiger partial charge in [0, 0.05) is 19.3 Å². The number of nitrogens with zero attached hydrogens (tertiary/aromatic N) is 2. The molecule has 3 N–H and O–H groups in total. The van der Waals surface area contributed by atoms with Crippen LogP contribution in [0.1, 0.15) is 44.6 Å². The van der Waals surface area contributed by atoms with Gasteiger partial charge in [-0.05, 0) is 50.2 Å². The van der Waals surface area contributed by atoms with Gasteiger partial charge in [-0.25, -0.2) is 9.78 Å². The van der Waals surface area contributed by atoms with E-state index in [1.54, 1.807) is 0 Å². The first-order chi connectivity index (χ1) is 14.6. The maximum Gasteiger partial charge on any atom is 0.417 e. The summed E-state index contributed by atoms with van der Waals surface area (Å²) >= 11 is 0. The number of hydrogen-bond acceptors (Lipinski definition) is 5. The smallest absolute Gasteiger partial charge is 0.370 e. The van der Waals surface area contributed by atoms with Gasteiger partial charge in [0.15, 0.2) is 0 Å². The lowest BCUT2D eigenvalue weighted by Crippen LogP contribution is -2.50. The molecule has 2 aliphatic rings. The van der Waals surface area contributed by atoms with Crippen LogP contribution in [-0.2, 0) is 15.8 Å². The number of alkyl halides is 3. The first kappa shape index (κ1) is 22.8. The van der Waals surface area contributed by atoms with Crippen molar-refractivity contribution in [1.29, 1.82) is 0 Å². The molecule has 11 heteroatoms. The van der Waals surface area contributed by atoms with Crippen LogP contribution in [0, 0.1) is 5.92 Å². The SMILES string of the molecule is CC1CCC2(CC1)NC(=O)N(CC(=O)NCCCNc1ccc(C(F)(F)F)cn1)C2=O. The number of aromatic nitrogens is 1. The molecule has 0 bridgehead atoms. The van der Waals surface area contributed by atoms with Crippen molar-refractivity contribution in [3.8, 4) is 0 Å². The molecule has 1 aromatic heterocycles. The highest BCUT2D eigenvalue weighted by Crippen LogP contribution is 2.36. The molecule has 4 amide bonds. The number of nitrogens with one attached hydrogen (secondary N) is 3. The quantitative estimate of drug-likeness (QED) is 0.446. The van der Waals surface area contributed by atoms with Gasteiger partial charge in [0.1, 0.15) is 17.9 Å². The van der Waals surface area contributed by atoms with Crippen molar-refractivity contribution >= 4 is 23.7 Å². The largest absolute Gasteiger partial charge is 0.417 e. The molecular weight excluding hydrogens is 415 g/mol. The number of amides is 4. The fourth-order valence-electron chi connectivity index (χ4n) is 3.81. The third-order valence-corrected chi connectivity index (χ3v) is 5.75. The summed E-state index contributed by atoms with van der Waals surface area (Å²) in [6, 6.07) is 1.64. The van der Waals surface area contributed by atoms with E-state index < -0.39 is 29.2 Å². The lowest BCUT2D eigenvalue weighted by Gasteiger charge is -2.33. The number of rotatable bonds is 7. The summed E-state index contributed by atoms with van der Waals surface area (Å²) in [7, 11) is 0. The van der Waals surface area contributed by atoms with Gasteiger partial charge in [0.2, 0.25) is 5.91 Å². The number of imide groups is 1. The topological polar surface area (TPSA) is 103 Å². The maximum absolute atomic E-state index is 12.7. The fourth-order valence-corrected chi connectivity index (χ4v) is 3.81. The van der Waals surface area contributed by atoms with Crippen molar-refractivity contribution in [3.63, 3.8) is 0 Å². The van der Waals surface area contributed by atoms with Gasteiger partial charge in [-0.1, -0.05) is 6.92 Å². The van der Waals surface area contributed by atoms with E-state index in [1.807, 2.05) is 0 Å². The van der Waals surface area contributed by atoms with E-state index >= 15 is 0 Å². The van der Waals surface area contributed by atoms with E-state index in [2.05, 4.69) is 27.9 Å². The molecule has 1 aromatic rings. The van der Waals surface area contributed by atoms with E-state index in [-0.39, 0.29) is 19.0 Å². The summed E-state index contributed by atoms with van der Waals surface area (Å²) in [5.41, 5.74) is -1.70. The van der Waals surface area contributed by atoms with Crippen LogP contribution in [0.3, 0.4) is 0 Å². The van der Waals surface area contributed by atoms with Crippen molar-refractivity contribution in [1.82, 2.24) is 20.5 Å². The second-order valence-electron chi connectivity index (χ2n) is 8.15. The van der Waals surface area contributed by atoms with Crippen molar-refractivity contribution in [2.75, 3.05) is 25.0 Å². The zero-order valence-corrected chi connectivity index (χ0v) is 17.2. The molecule has 31 heavy (non-hydrogen) atoms. The Morgan fingerprint density at radius 2 is 1.97 bits per heavy atom. The van der Waals surface area contributed by atoms with Crippen LogP contribution in [0.5, 0.6) is 0 Å². The predicted molar refractivity (Wildman–Crippen MR) is 106 cm³/mol. The first-order valence-electron chi connectivity index (χ1n) is 10.3. The minimum Gasteiger partial charge on any atom is -0.370 e. The average Bonchev–Trinajstić information content (AvgIpc) is 2.94. The van der Waals surface area contributed by atoms with Crippen LogP contribution in [0.2, 0.25) is 0 Å². The molecule has 1 saturated heterocycles. The Hall–Kier alpha value is -2.85. The molecule has 0 radical (unpaired) electrons. The van der Waals surface area contributed by atoms with Gasteiger partial charge in [0.05, 0.1) is 5.56 Å². The number of urea groups is 1. The average molecular weight is 441 g/mol. The molecule has 170 valence electrons. The van der Waals surface area contributed by atoms with Gasteiger partial charge in [-0.2, -0.15) is 13.2 Å². The van der Waals surface area contributed by atoms with Gasteiger partial charge in [-0.15, -0.1) is 0 Å². The number of pyridine rings is 1. The Labute approximate surface area is 178 Å². The third-order valence-electron chi connectivity index (χ3n) is 5.75. The monoisotopic (exact) mass is 441 g/mol. The standard InChI is InChI=1S/C20H26F3N5O3/c1-13-5-7-19(8-6-13)17(30)28(18(31)27-19)12-16(29)25-10-2-9-24-15-4-3-14(11-26-15)20(21,22)23/h3-4,11,13H,2,5-10,12H2,1H3,(H,24,26)(H,25,29)(H,27,31). The van der Waals surface area contributed by atoms with E-state index in [0.29, 0.717) is 37.5 Å². The minimum absolute atomic E-state index is 0.277. The summed E-state index contributed by atoms with van der Waals surface area (Å²) in [6.45, 7) is 2.43. The van der Waals surface area contributed by atoms with Gasteiger partial charge >= 0.3 is 12.2 Å². The highest BCUT2D eigenvalue weighted by Gasteiger charge is 2.52. The van der Waals surface area contributed by atoms with Crippen molar-refractivity contribution in [2.24, 2.45) is 5.92 Å². The van der Waals surface area contributed by atoms with Gasteiger partial charge in [-0.3, -0.25) is 14.5 Å². The molecule has 0 atom stereocenters. The van der Waals surface area contributed by atoms with Crippen molar-refractivity contribution in [3.05, 3.63) is 23.9 Å². The molecule has 2 heterocycles. The lowest BCUT2D eigenvalue weighted by molar-refractivity contribution is -0.137. The van der Waals surface area contributed by atoms with Gasteiger partial charge in [0.25, 0.3) is 5.91 Å². The van der Waals surface area contributed by atoms with Crippen molar-refractivity contribution in [2.45, 2.75) is 50.7 Å². The number of hydrogen-bond donors (Lipinski definition) is 3. The highest BCUT2D eigenvalue weighted by atomic mass is 19.4. The lowest BCUT2D eigenvalue weighted by atomic mass is 9.77. The Balaban J connectivity index is 1.38. The number of halogens is 3. The summed E-state index contributed by atoms with van der Waals surface area (Å²) < 4.78 is 37.5. The summed E-state index contributed by atoms with van der Waals surface area (Å²) in [5.74, 6) is 0.0248. The highest BCUT2D eigenvalue weighted by molar-refractivity contribution is 6.09. The number of anilines is 1. The molecule has 1 spiro atoms. The van der Waals surface area contributed by atoms with E-state index in [1.165, 1.54) is 6.07 Å². The molecule has 1 aliphatic heterocycles. The molecule has 1 saturated carbocycles. The van der Waals surface area contributed by atoms with Crippen molar-refractivity contribution < 1.29 is 27.6 Å². The molecule has 2 fully saturated rings. The van der Waals surface area contributed by atoms with E-state index in [4.69, 9.17) is 0 Å². The molecular formula is C20H26F3N5O3. The Morgan fingerprint density at radius 3 is 2.58 bits per heavy atom. The Morgan fingerprint density at radius 1 is 1.26 bits per heavy atom. The number of carbonyl (C=O) groups is 3. The fraction of sp³-hybridized carbons (Fsp3) is 0.600. The van der Waals surface area contributed by atoms with Crippen LogP contribution >= 0.6 is 0 Å². The normalized spacial score (nSPS) is 23.7. The Kier molecular flexibility index (Phi) is 6.71. The zero-order chi connectivity index (χ0) is 22.6. The molecule has 1 aliphatic carbocycles. The van der Waals surface area contributed by atoms with Crippen LogP contribution in [-0.4, -0.2) is 52.9 Å². The Bertz CT molecular complexity index is 820. The maximum atomic E-state index is 12.7. The second-order valence-corrected chi connectivity index (χ2v) is 8.15. The molecule has 0 unspecified atom stereocenters.